The zero-order chi connectivity index (χ0) is 12.0. The molecule has 2 N–H and O–H groups in total. The fourth-order valence-electron chi connectivity index (χ4n) is 1.89. The number of carbonyl (C=O) groups excluding carboxylic acids is 1. The Bertz CT molecular complexity index is 264. The molecule has 1 rings (SSSR count). The van der Waals surface area contributed by atoms with Gasteiger partial charge < -0.3 is 15.2 Å². The molecule has 4 nitrogen and oxygen atoms in total. The summed E-state index contributed by atoms with van der Waals surface area (Å²) in [5, 5.41) is 12.5. The van der Waals surface area contributed by atoms with Crippen LogP contribution in [0.4, 0.5) is 0 Å². The first-order valence-corrected chi connectivity index (χ1v) is 5.80. The molecule has 0 spiro atoms. The van der Waals surface area contributed by atoms with Gasteiger partial charge in [-0.3, -0.25) is 0 Å². The molecular formula is C12H21NO3. The Hall–Kier alpha value is -0.870. The lowest BCUT2D eigenvalue weighted by atomic mass is 9.77. The normalized spacial score (nSPS) is 19.1. The highest BCUT2D eigenvalue weighted by Gasteiger charge is 2.35. The summed E-state index contributed by atoms with van der Waals surface area (Å²) in [5.74, 6) is -0.268. The Labute approximate surface area is 96.7 Å². The maximum absolute atomic E-state index is 11.3. The minimum absolute atomic E-state index is 0.106. The summed E-state index contributed by atoms with van der Waals surface area (Å²) in [6.07, 6.45) is 5.70. The number of carbonyl (C=O) groups is 1. The highest BCUT2D eigenvalue weighted by Crippen LogP contribution is 2.30. The van der Waals surface area contributed by atoms with Gasteiger partial charge in [0.25, 0.3) is 0 Å². The monoisotopic (exact) mass is 227 g/mol. The summed E-state index contributed by atoms with van der Waals surface area (Å²) < 4.78 is 4.67. The molecule has 0 atom stereocenters. The van der Waals surface area contributed by atoms with E-state index in [9.17, 15) is 9.90 Å². The van der Waals surface area contributed by atoms with Crippen LogP contribution in [-0.4, -0.2) is 36.9 Å². The topological polar surface area (TPSA) is 58.6 Å². The molecule has 0 amide bonds. The molecule has 1 saturated carbocycles. The molecule has 16 heavy (non-hydrogen) atoms. The third-order valence-electron chi connectivity index (χ3n) is 3.27. The number of aliphatic hydroxyl groups is 1. The average molecular weight is 227 g/mol. The van der Waals surface area contributed by atoms with E-state index in [2.05, 4.69) is 10.1 Å². The summed E-state index contributed by atoms with van der Waals surface area (Å²) in [6, 6.07) is 0. The van der Waals surface area contributed by atoms with Crippen LogP contribution in [0.5, 0.6) is 0 Å². The maximum Gasteiger partial charge on any atom is 0.333 e. The van der Waals surface area contributed by atoms with Gasteiger partial charge in [0.05, 0.1) is 13.7 Å². The molecule has 1 aliphatic rings. The molecule has 0 bridgehead atoms. The standard InChI is InChI=1S/C12H21NO3/c1-3-10(11(15)16-2)5-8-13-12(9-14)6-4-7-12/h5,13-14H,3-4,6-9H2,1-2H3. The molecule has 0 aliphatic heterocycles. The Morgan fingerprint density at radius 3 is 2.62 bits per heavy atom. The quantitative estimate of drug-likeness (QED) is 0.525. The largest absolute Gasteiger partial charge is 0.466 e. The second-order valence-corrected chi connectivity index (χ2v) is 4.25. The molecule has 0 saturated heterocycles. The smallest absolute Gasteiger partial charge is 0.333 e. The summed E-state index contributed by atoms with van der Waals surface area (Å²) >= 11 is 0. The molecular weight excluding hydrogens is 206 g/mol. The predicted molar refractivity (Wildman–Crippen MR) is 62.1 cm³/mol. The number of nitrogens with one attached hydrogen (secondary N) is 1. The van der Waals surface area contributed by atoms with Crippen LogP contribution < -0.4 is 5.32 Å². The summed E-state index contributed by atoms with van der Waals surface area (Å²) in [6.45, 7) is 2.70. The number of ether oxygens (including phenoxy) is 1. The van der Waals surface area contributed by atoms with Crippen molar-refractivity contribution in [1.82, 2.24) is 5.32 Å². The van der Waals surface area contributed by atoms with Gasteiger partial charge in [-0.15, -0.1) is 0 Å². The van der Waals surface area contributed by atoms with E-state index in [1.54, 1.807) is 0 Å². The van der Waals surface area contributed by atoms with Crippen LogP contribution in [0.25, 0.3) is 0 Å². The van der Waals surface area contributed by atoms with E-state index in [0.29, 0.717) is 18.5 Å². The summed E-state index contributed by atoms with van der Waals surface area (Å²) in [7, 11) is 1.39. The second-order valence-electron chi connectivity index (χ2n) is 4.25. The van der Waals surface area contributed by atoms with Crippen molar-refractivity contribution >= 4 is 5.97 Å². The van der Waals surface area contributed by atoms with Gasteiger partial charge in [-0.2, -0.15) is 0 Å². The lowest BCUT2D eigenvalue weighted by Crippen LogP contribution is -2.53. The van der Waals surface area contributed by atoms with Crippen molar-refractivity contribution in [2.75, 3.05) is 20.3 Å². The van der Waals surface area contributed by atoms with Gasteiger partial charge in [-0.1, -0.05) is 13.0 Å². The second kappa shape index (κ2) is 6.01. The van der Waals surface area contributed by atoms with Crippen molar-refractivity contribution < 1.29 is 14.6 Å². The van der Waals surface area contributed by atoms with E-state index in [1.165, 1.54) is 7.11 Å². The first-order chi connectivity index (χ1) is 7.67. The molecule has 1 aliphatic carbocycles. The first kappa shape index (κ1) is 13.2. The molecule has 0 aromatic heterocycles. The zero-order valence-corrected chi connectivity index (χ0v) is 10.1. The maximum atomic E-state index is 11.3. The number of aliphatic hydroxyl groups excluding tert-OH is 1. The van der Waals surface area contributed by atoms with E-state index in [1.807, 2.05) is 13.0 Å². The molecule has 0 unspecified atom stereocenters. The number of rotatable bonds is 6. The Balaban J connectivity index is 2.42. The highest BCUT2D eigenvalue weighted by atomic mass is 16.5. The van der Waals surface area contributed by atoms with Gasteiger partial charge in [0.15, 0.2) is 0 Å². The van der Waals surface area contributed by atoms with Crippen molar-refractivity contribution in [3.63, 3.8) is 0 Å². The molecule has 1 fully saturated rings. The van der Waals surface area contributed by atoms with E-state index < -0.39 is 0 Å². The van der Waals surface area contributed by atoms with Crippen LogP contribution in [0.2, 0.25) is 0 Å². The lowest BCUT2D eigenvalue weighted by Gasteiger charge is -2.41. The van der Waals surface area contributed by atoms with Crippen LogP contribution in [0.1, 0.15) is 32.6 Å². The molecule has 0 aromatic carbocycles. The zero-order valence-electron chi connectivity index (χ0n) is 10.1. The third kappa shape index (κ3) is 3.06. The minimum Gasteiger partial charge on any atom is -0.466 e. The van der Waals surface area contributed by atoms with Gasteiger partial charge in [0.1, 0.15) is 0 Å². The van der Waals surface area contributed by atoms with Crippen LogP contribution in [0.3, 0.4) is 0 Å². The van der Waals surface area contributed by atoms with Crippen LogP contribution in [0, 0.1) is 0 Å². The SMILES string of the molecule is CCC(=CCNC1(CO)CCC1)C(=O)OC. The number of hydrogen-bond acceptors (Lipinski definition) is 4. The number of esters is 1. The predicted octanol–water partition coefficient (Wildman–Crippen LogP) is 1.00. The summed E-state index contributed by atoms with van der Waals surface area (Å²) in [4.78, 5) is 11.3. The molecule has 4 heteroatoms. The van der Waals surface area contributed by atoms with Crippen LogP contribution in [-0.2, 0) is 9.53 Å². The Morgan fingerprint density at radius 2 is 2.25 bits per heavy atom. The van der Waals surface area contributed by atoms with Gasteiger partial charge in [0, 0.05) is 17.7 Å². The molecule has 0 aromatic rings. The van der Waals surface area contributed by atoms with E-state index >= 15 is 0 Å². The van der Waals surface area contributed by atoms with Crippen LogP contribution in [0.15, 0.2) is 11.6 Å². The van der Waals surface area contributed by atoms with Gasteiger partial charge in [-0.05, 0) is 25.7 Å². The fraction of sp³-hybridized carbons (Fsp3) is 0.750. The van der Waals surface area contributed by atoms with E-state index in [4.69, 9.17) is 0 Å². The van der Waals surface area contributed by atoms with Crippen LogP contribution >= 0.6 is 0 Å². The van der Waals surface area contributed by atoms with Crippen molar-refractivity contribution in [3.8, 4) is 0 Å². The molecule has 92 valence electrons. The Morgan fingerprint density at radius 1 is 1.56 bits per heavy atom. The number of methoxy groups -OCH3 is 1. The lowest BCUT2D eigenvalue weighted by molar-refractivity contribution is -0.136. The van der Waals surface area contributed by atoms with Gasteiger partial charge in [-0.25, -0.2) is 4.79 Å². The van der Waals surface area contributed by atoms with Gasteiger partial charge >= 0.3 is 5.97 Å². The molecule has 0 heterocycles. The van der Waals surface area contributed by atoms with Gasteiger partial charge in [0.2, 0.25) is 0 Å². The number of hydrogen-bond donors (Lipinski definition) is 2. The Kier molecular flexibility index (Phi) is 4.96. The third-order valence-corrected chi connectivity index (χ3v) is 3.27. The molecule has 0 radical (unpaired) electrons. The van der Waals surface area contributed by atoms with Crippen molar-refractivity contribution in [1.29, 1.82) is 0 Å². The average Bonchev–Trinajstić information content (AvgIpc) is 2.26. The van der Waals surface area contributed by atoms with E-state index in [0.717, 1.165) is 19.3 Å². The summed E-state index contributed by atoms with van der Waals surface area (Å²) in [5.41, 5.74) is 0.577. The fourth-order valence-corrected chi connectivity index (χ4v) is 1.89. The van der Waals surface area contributed by atoms with Crippen molar-refractivity contribution in [3.05, 3.63) is 11.6 Å². The van der Waals surface area contributed by atoms with E-state index in [-0.39, 0.29) is 18.1 Å². The van der Waals surface area contributed by atoms with Crippen molar-refractivity contribution in [2.24, 2.45) is 0 Å². The van der Waals surface area contributed by atoms with Crippen molar-refractivity contribution in [2.45, 2.75) is 38.1 Å². The minimum atomic E-state index is -0.268. The highest BCUT2D eigenvalue weighted by molar-refractivity contribution is 5.88. The first-order valence-electron chi connectivity index (χ1n) is 5.80.